The first kappa shape index (κ1) is 22.8. The van der Waals surface area contributed by atoms with E-state index in [9.17, 15) is 10.2 Å². The summed E-state index contributed by atoms with van der Waals surface area (Å²) in [6, 6.07) is 5.48. The fourth-order valence-corrected chi connectivity index (χ4v) is 2.97. The van der Waals surface area contributed by atoms with Crippen LogP contribution in [0.3, 0.4) is 0 Å². The molecule has 0 aromatic heterocycles. The summed E-state index contributed by atoms with van der Waals surface area (Å²) in [6.45, 7) is 7.17. The first-order chi connectivity index (χ1) is 12.4. The van der Waals surface area contributed by atoms with Crippen LogP contribution in [0.2, 0.25) is 0 Å². The van der Waals surface area contributed by atoms with Gasteiger partial charge in [0, 0.05) is 11.6 Å². The molecule has 4 heteroatoms. The van der Waals surface area contributed by atoms with Crippen LogP contribution >= 0.6 is 0 Å². The number of nitrogens with two attached hydrogens (primary N) is 1. The highest BCUT2D eigenvalue weighted by molar-refractivity contribution is 5.39. The Balaban J connectivity index is 2.28. The number of aliphatic hydroxyl groups is 1. The fraction of sp³-hybridized carbons (Fsp3) is 0.727. The van der Waals surface area contributed by atoms with Gasteiger partial charge in [0.15, 0.2) is 0 Å². The molecule has 0 aliphatic heterocycles. The standard InChI is InChI=1S/C22H39NO3/c1-4-22(23,17-24)14-13-19-11-12-20(16-21(19)25)26-15-9-7-5-6-8-10-18(2)3/h11-12,16,18,24-25H,4-10,13-15,17,23H2,1-3H3/t22-/m0/s1. The molecule has 0 bridgehead atoms. The summed E-state index contributed by atoms with van der Waals surface area (Å²) in [5.41, 5.74) is 6.38. The van der Waals surface area contributed by atoms with Gasteiger partial charge in [-0.05, 0) is 43.2 Å². The number of aliphatic hydroxyl groups excluding tert-OH is 1. The molecule has 0 heterocycles. The number of rotatable bonds is 14. The van der Waals surface area contributed by atoms with Gasteiger partial charge >= 0.3 is 0 Å². The van der Waals surface area contributed by atoms with E-state index in [1.54, 1.807) is 6.07 Å². The van der Waals surface area contributed by atoms with Crippen molar-refractivity contribution in [1.82, 2.24) is 0 Å². The molecule has 150 valence electrons. The van der Waals surface area contributed by atoms with Gasteiger partial charge in [-0.1, -0.05) is 58.9 Å². The zero-order valence-electron chi connectivity index (χ0n) is 17.0. The fourth-order valence-electron chi connectivity index (χ4n) is 2.97. The lowest BCUT2D eigenvalue weighted by atomic mass is 9.90. The summed E-state index contributed by atoms with van der Waals surface area (Å²) in [5, 5.41) is 19.6. The zero-order valence-corrected chi connectivity index (χ0v) is 17.0. The molecule has 0 fully saturated rings. The van der Waals surface area contributed by atoms with E-state index >= 15 is 0 Å². The molecule has 1 aromatic rings. The number of ether oxygens (including phenoxy) is 1. The number of phenols is 1. The molecule has 0 radical (unpaired) electrons. The van der Waals surface area contributed by atoms with Crippen LogP contribution in [-0.2, 0) is 6.42 Å². The molecule has 26 heavy (non-hydrogen) atoms. The minimum atomic E-state index is -0.573. The smallest absolute Gasteiger partial charge is 0.122 e. The van der Waals surface area contributed by atoms with Crippen LogP contribution < -0.4 is 10.5 Å². The maximum atomic E-state index is 10.2. The lowest BCUT2D eigenvalue weighted by Crippen LogP contribution is -2.43. The van der Waals surface area contributed by atoms with Crippen LogP contribution in [0.25, 0.3) is 0 Å². The van der Waals surface area contributed by atoms with Gasteiger partial charge in [0.2, 0.25) is 0 Å². The molecule has 1 rings (SSSR count). The summed E-state index contributed by atoms with van der Waals surface area (Å²) in [7, 11) is 0. The van der Waals surface area contributed by atoms with Gasteiger partial charge in [0.05, 0.1) is 13.2 Å². The Morgan fingerprint density at radius 3 is 2.42 bits per heavy atom. The molecule has 0 aliphatic rings. The van der Waals surface area contributed by atoms with Crippen LogP contribution in [0, 0.1) is 5.92 Å². The predicted molar refractivity (Wildman–Crippen MR) is 109 cm³/mol. The lowest BCUT2D eigenvalue weighted by Gasteiger charge is -2.25. The Kier molecular flexibility index (Phi) is 10.7. The second-order valence-corrected chi connectivity index (χ2v) is 7.96. The Morgan fingerprint density at radius 2 is 1.81 bits per heavy atom. The average molecular weight is 366 g/mol. The van der Waals surface area contributed by atoms with Crippen molar-refractivity contribution in [2.24, 2.45) is 11.7 Å². The molecule has 1 atom stereocenters. The third-order valence-corrected chi connectivity index (χ3v) is 5.16. The van der Waals surface area contributed by atoms with Crippen LogP contribution in [0.1, 0.15) is 77.7 Å². The van der Waals surface area contributed by atoms with Gasteiger partial charge in [-0.25, -0.2) is 0 Å². The van der Waals surface area contributed by atoms with Crippen molar-refractivity contribution in [3.8, 4) is 11.5 Å². The van der Waals surface area contributed by atoms with E-state index in [4.69, 9.17) is 10.5 Å². The van der Waals surface area contributed by atoms with Crippen LogP contribution in [0.4, 0.5) is 0 Å². The number of hydrogen-bond donors (Lipinski definition) is 3. The monoisotopic (exact) mass is 365 g/mol. The maximum absolute atomic E-state index is 10.2. The summed E-state index contributed by atoms with van der Waals surface area (Å²) in [6.07, 6.45) is 9.47. The second-order valence-electron chi connectivity index (χ2n) is 7.96. The van der Waals surface area contributed by atoms with E-state index < -0.39 is 5.54 Å². The average Bonchev–Trinajstić information content (AvgIpc) is 2.62. The first-order valence-electron chi connectivity index (χ1n) is 10.2. The SMILES string of the molecule is CC[C@@](N)(CO)CCc1ccc(OCCCCCCCC(C)C)cc1O. The van der Waals surface area contributed by atoms with E-state index in [1.807, 2.05) is 19.1 Å². The van der Waals surface area contributed by atoms with Crippen molar-refractivity contribution >= 4 is 0 Å². The molecule has 0 saturated carbocycles. The second kappa shape index (κ2) is 12.2. The number of benzene rings is 1. The Hall–Kier alpha value is -1.26. The summed E-state index contributed by atoms with van der Waals surface area (Å²) >= 11 is 0. The van der Waals surface area contributed by atoms with Crippen LogP contribution in [0.5, 0.6) is 11.5 Å². The minimum Gasteiger partial charge on any atom is -0.508 e. The Labute approximate surface area is 159 Å². The molecule has 0 saturated heterocycles. The first-order valence-corrected chi connectivity index (χ1v) is 10.2. The third-order valence-electron chi connectivity index (χ3n) is 5.16. The highest BCUT2D eigenvalue weighted by atomic mass is 16.5. The Morgan fingerprint density at radius 1 is 1.12 bits per heavy atom. The number of aryl methyl sites for hydroxylation is 1. The van der Waals surface area contributed by atoms with Crippen molar-refractivity contribution in [2.45, 2.75) is 84.1 Å². The molecular weight excluding hydrogens is 326 g/mol. The minimum absolute atomic E-state index is 0.0388. The lowest BCUT2D eigenvalue weighted by molar-refractivity contribution is 0.182. The van der Waals surface area contributed by atoms with Gasteiger partial charge < -0.3 is 20.7 Å². The van der Waals surface area contributed by atoms with E-state index in [0.717, 1.165) is 17.9 Å². The maximum Gasteiger partial charge on any atom is 0.122 e. The normalized spacial score (nSPS) is 13.8. The van der Waals surface area contributed by atoms with Crippen molar-refractivity contribution in [1.29, 1.82) is 0 Å². The van der Waals surface area contributed by atoms with Gasteiger partial charge in [-0.3, -0.25) is 0 Å². The predicted octanol–water partition coefficient (Wildman–Crippen LogP) is 4.80. The van der Waals surface area contributed by atoms with Gasteiger partial charge in [0.25, 0.3) is 0 Å². The highest BCUT2D eigenvalue weighted by Crippen LogP contribution is 2.26. The summed E-state index contributed by atoms with van der Waals surface area (Å²) in [5.74, 6) is 1.76. The van der Waals surface area contributed by atoms with Crippen molar-refractivity contribution in [3.05, 3.63) is 23.8 Å². The number of hydrogen-bond acceptors (Lipinski definition) is 4. The number of unbranched alkanes of at least 4 members (excludes halogenated alkanes) is 4. The summed E-state index contributed by atoms with van der Waals surface area (Å²) < 4.78 is 5.75. The van der Waals surface area contributed by atoms with Crippen LogP contribution in [-0.4, -0.2) is 29.0 Å². The largest absolute Gasteiger partial charge is 0.508 e. The van der Waals surface area contributed by atoms with Gasteiger partial charge in [0.1, 0.15) is 11.5 Å². The molecule has 4 N–H and O–H groups in total. The molecule has 0 spiro atoms. The number of aromatic hydroxyl groups is 1. The van der Waals surface area contributed by atoms with E-state index in [2.05, 4.69) is 13.8 Å². The van der Waals surface area contributed by atoms with Crippen molar-refractivity contribution in [3.63, 3.8) is 0 Å². The molecule has 0 unspecified atom stereocenters. The molecule has 0 amide bonds. The van der Waals surface area contributed by atoms with Crippen molar-refractivity contribution in [2.75, 3.05) is 13.2 Å². The zero-order chi connectivity index (χ0) is 19.4. The topological polar surface area (TPSA) is 75.7 Å². The molecule has 0 aliphatic carbocycles. The molecule has 1 aromatic carbocycles. The van der Waals surface area contributed by atoms with Crippen molar-refractivity contribution < 1.29 is 14.9 Å². The van der Waals surface area contributed by atoms with Crippen LogP contribution in [0.15, 0.2) is 18.2 Å². The van der Waals surface area contributed by atoms with E-state index in [1.165, 1.54) is 32.1 Å². The highest BCUT2D eigenvalue weighted by Gasteiger charge is 2.21. The summed E-state index contributed by atoms with van der Waals surface area (Å²) in [4.78, 5) is 0. The van der Waals surface area contributed by atoms with E-state index in [0.29, 0.717) is 31.6 Å². The van der Waals surface area contributed by atoms with Gasteiger partial charge in [-0.2, -0.15) is 0 Å². The molecule has 4 nitrogen and oxygen atoms in total. The third kappa shape index (κ3) is 8.91. The van der Waals surface area contributed by atoms with E-state index in [-0.39, 0.29) is 12.4 Å². The quantitative estimate of drug-likeness (QED) is 0.414. The Bertz CT molecular complexity index is 498. The van der Waals surface area contributed by atoms with Gasteiger partial charge in [-0.15, -0.1) is 0 Å². The molecular formula is C22H39NO3. The number of phenolic OH excluding ortho intramolecular Hbond substituents is 1.